The summed E-state index contributed by atoms with van der Waals surface area (Å²) in [7, 11) is 6.51. The van der Waals surface area contributed by atoms with E-state index in [0.717, 1.165) is 86.5 Å². The molecule has 4 aromatic rings. The van der Waals surface area contributed by atoms with Crippen LogP contribution in [-0.2, 0) is 25.6 Å². The number of carbonyl (C=O) groups is 2. The second-order valence-electron chi connectivity index (χ2n) is 26.3. The molecule has 8 aliphatic carbocycles. The predicted molar refractivity (Wildman–Crippen MR) is 307 cm³/mol. The number of ketones is 2. The molecule has 0 radical (unpaired) electrons. The number of hydrogen-bond acceptors (Lipinski definition) is 12. The molecule has 2 aromatic heterocycles. The highest BCUT2D eigenvalue weighted by Crippen LogP contribution is 2.71. The molecule has 16 atom stereocenters. The van der Waals surface area contributed by atoms with Crippen molar-refractivity contribution in [3.8, 4) is 11.5 Å². The van der Waals surface area contributed by atoms with Crippen molar-refractivity contribution in [1.82, 2.24) is 30.4 Å². The van der Waals surface area contributed by atoms with Gasteiger partial charge in [-0.25, -0.2) is 0 Å². The Bertz CT molecular complexity index is 2930. The van der Waals surface area contributed by atoms with E-state index in [1.165, 1.54) is 4.80 Å². The number of nitrogens with zero attached hydrogens (tertiary/aromatic N) is 5. The largest absolute Gasteiger partial charge is 0.497 e. The van der Waals surface area contributed by atoms with E-state index in [0.29, 0.717) is 90.9 Å². The normalized spacial score (nSPS) is 36.3. The van der Waals surface area contributed by atoms with Crippen LogP contribution in [0.3, 0.4) is 0 Å². The first-order valence-corrected chi connectivity index (χ1v) is 30.7. The number of benzene rings is 2. The Morgan fingerprint density at radius 2 is 1.01 bits per heavy atom. The SMILES string of the molecule is C.COC[C@]12CC[C@](O)(C(F)(F)F)C[C@H]1CC[C@H]1[C@@H]3CC[C@H](C(=O)CBr)[C@@]3(C)CC[C@@H]12.COC[C@]12CC[C@](O)(C(F)(F)F)C[C@H]1CC[C@H]1[C@@H]3CC[C@H](C(=O)Cn4nc5ccc(OC)cc5n4)[C@@]3(C)CC[C@@H]12.COc1ccc2n[nH]nc2c1.F.FF.FF. The van der Waals surface area contributed by atoms with Gasteiger partial charge < -0.3 is 29.2 Å². The van der Waals surface area contributed by atoms with Gasteiger partial charge in [-0.15, -0.1) is 0 Å². The summed E-state index contributed by atoms with van der Waals surface area (Å²) in [5, 5.41) is 40.8. The maximum absolute atomic E-state index is 13.8. The maximum atomic E-state index is 13.8. The number of H-pyrrole nitrogens is 1. The van der Waals surface area contributed by atoms with Gasteiger partial charge in [0.05, 0.1) is 32.8 Å². The van der Waals surface area contributed by atoms with Gasteiger partial charge >= 0.3 is 12.4 Å². The molecule has 87 heavy (non-hydrogen) atoms. The van der Waals surface area contributed by atoms with Gasteiger partial charge in [-0.1, -0.05) is 37.2 Å². The number of carbonyl (C=O) groups excluding carboxylic acids is 2. The molecule has 0 unspecified atom stereocenters. The average Bonchev–Trinajstić information content (AvgIpc) is 1.70. The molecular weight excluding hydrogens is 1230 g/mol. The lowest BCUT2D eigenvalue weighted by molar-refractivity contribution is -0.294. The molecular formula is C61H86BrF11N6O8. The quantitative estimate of drug-likeness (QED) is 0.0955. The van der Waals surface area contributed by atoms with Crippen LogP contribution in [0, 0.1) is 80.8 Å². The summed E-state index contributed by atoms with van der Waals surface area (Å²) in [6, 6.07) is 11.0. The topological polar surface area (TPSA) is 184 Å². The van der Waals surface area contributed by atoms with Crippen molar-refractivity contribution in [2.24, 2.45) is 80.8 Å². The van der Waals surface area contributed by atoms with Crippen LogP contribution < -0.4 is 9.47 Å². The summed E-state index contributed by atoms with van der Waals surface area (Å²) in [4.78, 5) is 27.8. The molecule has 14 nitrogen and oxygen atoms in total. The molecule has 0 aliphatic heterocycles. The third-order valence-corrected chi connectivity index (χ3v) is 23.6. The average molecular weight is 1320 g/mol. The van der Waals surface area contributed by atoms with Crippen LogP contribution in [-0.4, -0.2) is 123 Å². The zero-order chi connectivity index (χ0) is 62.1. The molecule has 2 aromatic carbocycles. The lowest BCUT2D eigenvalue weighted by Gasteiger charge is -2.62. The van der Waals surface area contributed by atoms with Crippen LogP contribution in [0.15, 0.2) is 36.4 Å². The summed E-state index contributed by atoms with van der Waals surface area (Å²) in [5.74, 6) is 3.78. The van der Waals surface area contributed by atoms with E-state index in [1.807, 2.05) is 36.4 Å². The van der Waals surface area contributed by atoms with Crippen molar-refractivity contribution in [2.75, 3.05) is 47.0 Å². The molecule has 12 rings (SSSR count). The number of nitrogens with one attached hydrogen (secondary N) is 1. The van der Waals surface area contributed by atoms with Crippen LogP contribution in [0.25, 0.3) is 22.1 Å². The summed E-state index contributed by atoms with van der Waals surface area (Å²) in [5.41, 5.74) is -2.85. The first kappa shape index (κ1) is 71.8. The second kappa shape index (κ2) is 28.1. The Morgan fingerprint density at radius 3 is 1.45 bits per heavy atom. The monoisotopic (exact) mass is 1320 g/mol. The summed E-state index contributed by atoms with van der Waals surface area (Å²) >= 11 is 3.35. The van der Waals surface area contributed by atoms with Gasteiger partial charge in [-0.3, -0.25) is 14.3 Å². The van der Waals surface area contributed by atoms with Crippen molar-refractivity contribution in [3.63, 3.8) is 0 Å². The van der Waals surface area contributed by atoms with Crippen LogP contribution in [0.2, 0.25) is 0 Å². The van der Waals surface area contributed by atoms with E-state index in [-0.39, 0.29) is 101 Å². The molecule has 492 valence electrons. The van der Waals surface area contributed by atoms with E-state index < -0.39 is 23.6 Å². The third kappa shape index (κ3) is 13.0. The predicted octanol–water partition coefficient (Wildman–Crippen LogP) is 14.6. The molecule has 8 saturated carbocycles. The summed E-state index contributed by atoms with van der Waals surface area (Å²) < 4.78 is 136. The van der Waals surface area contributed by atoms with Crippen LogP contribution in [0.4, 0.5) is 49.3 Å². The Hall–Kier alpha value is -4.27. The van der Waals surface area contributed by atoms with Gasteiger partial charge in [-0.2, -0.15) is 56.7 Å². The molecule has 3 N–H and O–H groups in total. The summed E-state index contributed by atoms with van der Waals surface area (Å²) in [6.07, 6.45) is 1.16. The van der Waals surface area contributed by atoms with E-state index in [4.69, 9.17) is 37.2 Å². The number of hydrogen-bond donors (Lipinski definition) is 3. The first-order valence-electron chi connectivity index (χ1n) is 29.6. The van der Waals surface area contributed by atoms with Gasteiger partial charge in [0.2, 0.25) is 0 Å². The minimum Gasteiger partial charge on any atom is -0.497 e. The van der Waals surface area contributed by atoms with Crippen LogP contribution in [0.5, 0.6) is 11.5 Å². The third-order valence-electron chi connectivity index (χ3n) is 23.1. The number of methoxy groups -OCH3 is 4. The molecule has 0 saturated heterocycles. The lowest BCUT2D eigenvalue weighted by Crippen LogP contribution is -2.61. The number of rotatable bonds is 11. The van der Waals surface area contributed by atoms with Crippen molar-refractivity contribution in [2.45, 2.75) is 167 Å². The van der Waals surface area contributed by atoms with Crippen LogP contribution in [0.1, 0.15) is 137 Å². The zero-order valence-electron chi connectivity index (χ0n) is 49.4. The molecule has 8 fully saturated rings. The van der Waals surface area contributed by atoms with Gasteiger partial charge in [0.15, 0.2) is 17.0 Å². The van der Waals surface area contributed by atoms with Gasteiger partial charge in [0.25, 0.3) is 0 Å². The van der Waals surface area contributed by atoms with Crippen molar-refractivity contribution >= 4 is 49.6 Å². The first-order chi connectivity index (χ1) is 40.4. The van der Waals surface area contributed by atoms with Gasteiger partial charge in [0.1, 0.15) is 45.9 Å². The van der Waals surface area contributed by atoms with E-state index >= 15 is 0 Å². The lowest BCUT2D eigenvalue weighted by atomic mass is 9.43. The highest BCUT2D eigenvalue weighted by atomic mass is 79.9. The Labute approximate surface area is 508 Å². The number of aromatic nitrogens is 6. The zero-order valence-corrected chi connectivity index (χ0v) is 51.0. The number of ether oxygens (including phenoxy) is 4. The maximum Gasteiger partial charge on any atom is 0.417 e. The smallest absolute Gasteiger partial charge is 0.417 e. The summed E-state index contributed by atoms with van der Waals surface area (Å²) in [6.45, 7) is 5.58. The van der Waals surface area contributed by atoms with E-state index in [2.05, 4.69) is 55.4 Å². The van der Waals surface area contributed by atoms with E-state index in [9.17, 15) is 46.1 Å². The fourth-order valence-electron chi connectivity index (χ4n) is 19.2. The number of alkyl halides is 7. The number of Topliss-reactive ketones (excluding diaryl/α,β-unsaturated/α-hetero) is 2. The van der Waals surface area contributed by atoms with Crippen molar-refractivity contribution in [1.29, 1.82) is 0 Å². The Kier molecular flexibility index (Phi) is 23.2. The number of fused-ring (bicyclic) bond motifs is 12. The minimum absolute atomic E-state index is 0. The van der Waals surface area contributed by atoms with Gasteiger partial charge in [-0.05, 0) is 209 Å². The van der Waals surface area contributed by atoms with Gasteiger partial charge in [0, 0.05) is 56.5 Å². The van der Waals surface area contributed by atoms with Crippen molar-refractivity contribution < 1.29 is 88.1 Å². The fraction of sp³-hybridized carbons (Fsp3) is 0.770. The van der Waals surface area contributed by atoms with E-state index in [1.54, 1.807) is 28.4 Å². The highest BCUT2D eigenvalue weighted by Gasteiger charge is 2.69. The molecule has 8 aliphatic rings. The number of aliphatic hydroxyl groups is 2. The number of halogens is 12. The molecule has 2 heterocycles. The molecule has 0 bridgehead atoms. The van der Waals surface area contributed by atoms with Crippen LogP contribution >= 0.6 is 15.9 Å². The second-order valence-corrected chi connectivity index (χ2v) is 26.8. The Morgan fingerprint density at radius 1 is 0.586 bits per heavy atom. The highest BCUT2D eigenvalue weighted by molar-refractivity contribution is 9.09. The fourth-order valence-corrected chi connectivity index (χ4v) is 19.6. The number of aromatic amines is 1. The molecule has 0 amide bonds. The van der Waals surface area contributed by atoms with Crippen molar-refractivity contribution in [3.05, 3.63) is 36.4 Å². The standard InChI is InChI=1S/C30H40F3N3O4.C23H34BrF3O3.C7H7N3O.CH4.2F2.FH/c1-27-11-10-22-20(6-4-18-15-29(38,30(31,32)33)13-12-28(18,22)17-39-2)21(27)7-8-23(27)26(37)16-36-34-24-9-5-19(40-3)14-25(24)35-36;1-20-8-7-17-15(16(20)5-6-18(20)19(28)12-24)4-3-14-11-22(29,23(25,26)27)10-9-21(14,17)13-30-2;1-11-5-2-3-6-7(4-5)9-10-8-6;;2*1-2;/h5,9,14,18,20-23,38H,4,6-8,10-13,15-17H2,1-3H3;14-18,29H,3-13H2,1-2H3;2-4H,1H3,(H,8,9,10);1H4;;;1H/t18-,20+,21+,22+,23-,27+,28-,29-;14-,15+,16+,17+,18-,20+,21-,22-;;;;;/m11...../s1. The molecule has 26 heteroatoms. The minimum atomic E-state index is -4.62. The Balaban J connectivity index is 0.000000226. The molecule has 0 spiro atoms.